The Balaban J connectivity index is 2.51. The molecule has 0 radical (unpaired) electrons. The molecule has 1 rings (SSSR count). The van der Waals surface area contributed by atoms with Gasteiger partial charge in [-0.1, -0.05) is 17.7 Å². The summed E-state index contributed by atoms with van der Waals surface area (Å²) in [5.74, 6) is -0.293. The fourth-order valence-corrected chi connectivity index (χ4v) is 2.09. The van der Waals surface area contributed by atoms with Gasteiger partial charge in [-0.15, -0.1) is 0 Å². The van der Waals surface area contributed by atoms with Crippen LogP contribution in [0, 0.1) is 6.92 Å². The highest BCUT2D eigenvalue weighted by molar-refractivity contribution is 6.31. The van der Waals surface area contributed by atoms with Crippen LogP contribution in [0.1, 0.15) is 26.3 Å². The first-order valence-electron chi connectivity index (χ1n) is 7.12. The molecular weight excluding hydrogens is 302 g/mol. The Hall–Kier alpha value is -1.59. The van der Waals surface area contributed by atoms with Crippen LogP contribution in [0.4, 0.5) is 5.69 Å². The number of aryl methyl sites for hydroxylation is 1. The Labute approximate surface area is 137 Å². The molecule has 122 valence electrons. The Bertz CT molecular complexity index is 553. The highest BCUT2D eigenvalue weighted by atomic mass is 35.5. The molecule has 0 aliphatic heterocycles. The van der Waals surface area contributed by atoms with Crippen LogP contribution >= 0.6 is 11.6 Å². The number of rotatable bonds is 5. The number of halogens is 1. The zero-order valence-corrected chi connectivity index (χ0v) is 14.5. The van der Waals surface area contributed by atoms with Gasteiger partial charge in [0.05, 0.1) is 13.1 Å². The first-order valence-corrected chi connectivity index (χ1v) is 7.50. The Morgan fingerprint density at radius 3 is 2.36 bits per heavy atom. The first kappa shape index (κ1) is 18.5. The van der Waals surface area contributed by atoms with Crippen LogP contribution in [0.25, 0.3) is 0 Å². The van der Waals surface area contributed by atoms with Crippen molar-refractivity contribution in [1.29, 1.82) is 0 Å². The van der Waals surface area contributed by atoms with Crippen molar-refractivity contribution in [2.75, 3.05) is 25.5 Å². The molecule has 22 heavy (non-hydrogen) atoms. The van der Waals surface area contributed by atoms with E-state index in [0.717, 1.165) is 5.56 Å². The number of carbonyl (C=O) groups excluding carboxylic acids is 2. The van der Waals surface area contributed by atoms with E-state index in [1.807, 2.05) is 33.8 Å². The van der Waals surface area contributed by atoms with Crippen LogP contribution in [0.5, 0.6) is 0 Å². The summed E-state index contributed by atoms with van der Waals surface area (Å²) in [7, 11) is 1.73. The summed E-state index contributed by atoms with van der Waals surface area (Å²) in [5, 5.41) is 6.23. The van der Waals surface area contributed by atoms with E-state index in [0.29, 0.717) is 10.7 Å². The van der Waals surface area contributed by atoms with Crippen LogP contribution in [-0.4, -0.2) is 42.4 Å². The molecule has 0 aromatic heterocycles. The van der Waals surface area contributed by atoms with Crippen molar-refractivity contribution in [2.45, 2.75) is 33.2 Å². The van der Waals surface area contributed by atoms with Crippen molar-refractivity contribution in [1.82, 2.24) is 10.2 Å². The van der Waals surface area contributed by atoms with Gasteiger partial charge in [0, 0.05) is 16.2 Å². The normalized spacial score (nSPS) is 11.4. The second kappa shape index (κ2) is 7.61. The minimum absolute atomic E-state index is 0.110. The molecule has 0 aliphatic carbocycles. The summed E-state index contributed by atoms with van der Waals surface area (Å²) in [4.78, 5) is 25.5. The van der Waals surface area contributed by atoms with E-state index in [9.17, 15) is 9.59 Å². The summed E-state index contributed by atoms with van der Waals surface area (Å²) < 4.78 is 0. The number of nitrogens with zero attached hydrogens (tertiary/aromatic N) is 1. The zero-order valence-electron chi connectivity index (χ0n) is 13.8. The monoisotopic (exact) mass is 325 g/mol. The summed E-state index contributed by atoms with van der Waals surface area (Å²) in [6, 6.07) is 5.33. The van der Waals surface area contributed by atoms with Crippen LogP contribution in [0.2, 0.25) is 5.02 Å². The predicted octanol–water partition coefficient (Wildman–Crippen LogP) is 2.43. The van der Waals surface area contributed by atoms with Gasteiger partial charge in [-0.25, -0.2) is 0 Å². The molecule has 0 heterocycles. The van der Waals surface area contributed by atoms with Gasteiger partial charge in [0.15, 0.2) is 0 Å². The van der Waals surface area contributed by atoms with Gasteiger partial charge in [-0.05, 0) is 52.4 Å². The number of amides is 2. The lowest BCUT2D eigenvalue weighted by Crippen LogP contribution is -2.46. The van der Waals surface area contributed by atoms with Crippen molar-refractivity contribution in [3.63, 3.8) is 0 Å². The fraction of sp³-hybridized carbons (Fsp3) is 0.500. The van der Waals surface area contributed by atoms with Gasteiger partial charge in [0.25, 0.3) is 0 Å². The number of benzene rings is 1. The molecule has 0 saturated carbocycles. The third kappa shape index (κ3) is 6.91. The molecule has 6 heteroatoms. The SMILES string of the molecule is Cc1ccc(Cl)cc1NC(=O)CN(C)CC(=O)NC(C)(C)C. The molecule has 1 aromatic rings. The van der Waals surface area contributed by atoms with Crippen LogP contribution < -0.4 is 10.6 Å². The molecule has 0 fully saturated rings. The molecule has 0 atom stereocenters. The number of likely N-dealkylation sites (N-methyl/N-ethyl adjacent to an activating group) is 1. The lowest BCUT2D eigenvalue weighted by Gasteiger charge is -2.23. The number of anilines is 1. The lowest BCUT2D eigenvalue weighted by atomic mass is 10.1. The van der Waals surface area contributed by atoms with Crippen molar-refractivity contribution in [3.05, 3.63) is 28.8 Å². The molecule has 0 saturated heterocycles. The van der Waals surface area contributed by atoms with E-state index in [1.165, 1.54) is 0 Å². The maximum absolute atomic E-state index is 12.0. The van der Waals surface area contributed by atoms with Crippen LogP contribution in [-0.2, 0) is 9.59 Å². The minimum atomic E-state index is -0.280. The Kier molecular flexibility index (Phi) is 6.38. The van der Waals surface area contributed by atoms with Gasteiger partial charge >= 0.3 is 0 Å². The Morgan fingerprint density at radius 1 is 1.18 bits per heavy atom. The predicted molar refractivity (Wildman–Crippen MR) is 90.2 cm³/mol. The Morgan fingerprint density at radius 2 is 1.77 bits per heavy atom. The van der Waals surface area contributed by atoms with Crippen molar-refractivity contribution in [3.8, 4) is 0 Å². The molecule has 0 unspecified atom stereocenters. The van der Waals surface area contributed by atoms with E-state index in [4.69, 9.17) is 11.6 Å². The van der Waals surface area contributed by atoms with E-state index < -0.39 is 0 Å². The number of carbonyl (C=O) groups is 2. The van der Waals surface area contributed by atoms with Gasteiger partial charge in [0.1, 0.15) is 0 Å². The molecule has 5 nitrogen and oxygen atoms in total. The largest absolute Gasteiger partial charge is 0.350 e. The summed E-state index contributed by atoms with van der Waals surface area (Å²) in [6.45, 7) is 7.94. The van der Waals surface area contributed by atoms with E-state index in [1.54, 1.807) is 24.1 Å². The number of hydrogen-bond acceptors (Lipinski definition) is 3. The van der Waals surface area contributed by atoms with E-state index >= 15 is 0 Å². The average molecular weight is 326 g/mol. The lowest BCUT2D eigenvalue weighted by molar-refractivity contribution is -0.124. The van der Waals surface area contributed by atoms with E-state index in [2.05, 4.69) is 10.6 Å². The summed E-state index contributed by atoms with van der Waals surface area (Å²) in [5.41, 5.74) is 1.34. The fourth-order valence-electron chi connectivity index (χ4n) is 1.92. The van der Waals surface area contributed by atoms with Crippen LogP contribution in [0.15, 0.2) is 18.2 Å². The van der Waals surface area contributed by atoms with Gasteiger partial charge in [0.2, 0.25) is 11.8 Å². The third-order valence-electron chi connectivity index (χ3n) is 2.82. The molecule has 2 amide bonds. The standard InChI is InChI=1S/C16H24ClN3O2/c1-11-6-7-12(17)8-13(11)18-14(21)9-20(5)10-15(22)19-16(2,3)4/h6-8H,9-10H2,1-5H3,(H,18,21)(H,19,22). The molecule has 0 bridgehead atoms. The zero-order chi connectivity index (χ0) is 16.9. The van der Waals surface area contributed by atoms with Gasteiger partial charge in [-0.2, -0.15) is 0 Å². The van der Waals surface area contributed by atoms with Crippen molar-refractivity contribution < 1.29 is 9.59 Å². The minimum Gasteiger partial charge on any atom is -0.350 e. The maximum atomic E-state index is 12.0. The van der Waals surface area contributed by atoms with Gasteiger partial charge < -0.3 is 10.6 Å². The quantitative estimate of drug-likeness (QED) is 0.874. The molecule has 0 spiro atoms. The summed E-state index contributed by atoms with van der Waals surface area (Å²) in [6.07, 6.45) is 0. The topological polar surface area (TPSA) is 61.4 Å². The molecule has 0 aliphatic rings. The molecular formula is C16H24ClN3O2. The highest BCUT2D eigenvalue weighted by Gasteiger charge is 2.16. The van der Waals surface area contributed by atoms with E-state index in [-0.39, 0.29) is 30.4 Å². The number of hydrogen-bond donors (Lipinski definition) is 2. The second-order valence-electron chi connectivity index (χ2n) is 6.48. The number of nitrogens with one attached hydrogen (secondary N) is 2. The maximum Gasteiger partial charge on any atom is 0.238 e. The third-order valence-corrected chi connectivity index (χ3v) is 3.05. The smallest absolute Gasteiger partial charge is 0.238 e. The highest BCUT2D eigenvalue weighted by Crippen LogP contribution is 2.19. The second-order valence-corrected chi connectivity index (χ2v) is 6.91. The van der Waals surface area contributed by atoms with Crippen molar-refractivity contribution >= 4 is 29.1 Å². The molecule has 1 aromatic carbocycles. The van der Waals surface area contributed by atoms with Crippen LogP contribution in [0.3, 0.4) is 0 Å². The van der Waals surface area contributed by atoms with Gasteiger partial charge in [-0.3, -0.25) is 14.5 Å². The average Bonchev–Trinajstić information content (AvgIpc) is 2.30. The van der Waals surface area contributed by atoms with Crippen molar-refractivity contribution in [2.24, 2.45) is 0 Å². The first-order chi connectivity index (χ1) is 10.1. The summed E-state index contributed by atoms with van der Waals surface area (Å²) >= 11 is 5.92. The molecule has 2 N–H and O–H groups in total.